The van der Waals surface area contributed by atoms with Gasteiger partial charge in [0.1, 0.15) is 11.9 Å². The molecule has 0 aliphatic heterocycles. The van der Waals surface area contributed by atoms with Crippen LogP contribution in [0.2, 0.25) is 0 Å². The first-order valence-electron chi connectivity index (χ1n) is 6.89. The van der Waals surface area contributed by atoms with Crippen molar-refractivity contribution >= 4 is 17.7 Å². The molecule has 1 rings (SSSR count). The highest BCUT2D eigenvalue weighted by Crippen LogP contribution is 2.22. The number of nitrogens with zero attached hydrogens (tertiary/aromatic N) is 3. The Kier molecular flexibility index (Phi) is 6.48. The van der Waals surface area contributed by atoms with Crippen molar-refractivity contribution in [3.8, 4) is 0 Å². The monoisotopic (exact) mass is 300 g/mol. The van der Waals surface area contributed by atoms with Crippen LogP contribution in [0.15, 0.2) is 11.5 Å². The lowest BCUT2D eigenvalue weighted by Gasteiger charge is -2.31. The number of hydrogen-bond acceptors (Lipinski definition) is 5. The minimum Gasteiger partial charge on any atom is -0.480 e. The summed E-state index contributed by atoms with van der Waals surface area (Å²) in [7, 11) is 1.90. The Bertz CT molecular complexity index is 436. The van der Waals surface area contributed by atoms with E-state index in [1.165, 1.54) is 0 Å². The van der Waals surface area contributed by atoms with Crippen LogP contribution in [-0.2, 0) is 11.8 Å². The van der Waals surface area contributed by atoms with E-state index in [9.17, 15) is 9.90 Å². The second-order valence-electron chi connectivity index (χ2n) is 5.22. The topological polar surface area (TPSA) is 80.0 Å². The van der Waals surface area contributed by atoms with E-state index in [4.69, 9.17) is 0 Å². The minimum absolute atomic E-state index is 0.150. The maximum Gasteiger partial charge on any atom is 0.323 e. The lowest BCUT2D eigenvalue weighted by molar-refractivity contribution is -0.145. The third-order valence-corrected chi connectivity index (χ3v) is 4.35. The first-order chi connectivity index (χ1) is 9.41. The SMILES string of the molecule is CCC(CCCSc1nncn1C)(NC(C)C)C(=O)O. The highest BCUT2D eigenvalue weighted by Gasteiger charge is 2.36. The average molecular weight is 300 g/mol. The van der Waals surface area contributed by atoms with Crippen LogP contribution in [0.25, 0.3) is 0 Å². The zero-order valence-electron chi connectivity index (χ0n) is 12.6. The van der Waals surface area contributed by atoms with Crippen molar-refractivity contribution in [3.05, 3.63) is 6.33 Å². The van der Waals surface area contributed by atoms with Gasteiger partial charge in [-0.25, -0.2) is 0 Å². The van der Waals surface area contributed by atoms with Crippen molar-refractivity contribution in [3.63, 3.8) is 0 Å². The van der Waals surface area contributed by atoms with Crippen LogP contribution in [-0.4, -0.2) is 43.2 Å². The molecule has 0 aromatic carbocycles. The number of hydrogen-bond donors (Lipinski definition) is 2. The molecule has 1 aromatic rings. The number of nitrogens with one attached hydrogen (secondary N) is 1. The summed E-state index contributed by atoms with van der Waals surface area (Å²) in [5.41, 5.74) is -0.825. The van der Waals surface area contributed by atoms with E-state index in [-0.39, 0.29) is 6.04 Å². The van der Waals surface area contributed by atoms with Crippen molar-refractivity contribution in [1.82, 2.24) is 20.1 Å². The number of aliphatic carboxylic acids is 1. The molecule has 1 atom stereocenters. The summed E-state index contributed by atoms with van der Waals surface area (Å²) in [5, 5.41) is 21.4. The van der Waals surface area contributed by atoms with E-state index in [1.807, 2.05) is 32.4 Å². The highest BCUT2D eigenvalue weighted by molar-refractivity contribution is 7.99. The van der Waals surface area contributed by atoms with Gasteiger partial charge in [0.15, 0.2) is 5.16 Å². The van der Waals surface area contributed by atoms with Crippen LogP contribution < -0.4 is 5.32 Å². The van der Waals surface area contributed by atoms with E-state index < -0.39 is 11.5 Å². The fourth-order valence-corrected chi connectivity index (χ4v) is 2.99. The molecule has 0 saturated carbocycles. The predicted octanol–water partition coefficient (Wildman–Crippen LogP) is 1.92. The Labute approximate surface area is 124 Å². The van der Waals surface area contributed by atoms with Crippen LogP contribution in [0.1, 0.15) is 40.0 Å². The standard InChI is InChI=1S/C13H24N4O2S/c1-5-13(11(18)19,15-10(2)3)7-6-8-20-12-16-14-9-17(12)4/h9-10,15H,5-8H2,1-4H3,(H,18,19). The average Bonchev–Trinajstić information content (AvgIpc) is 2.78. The fraction of sp³-hybridized carbons (Fsp3) is 0.769. The van der Waals surface area contributed by atoms with Crippen LogP contribution in [0.4, 0.5) is 0 Å². The predicted molar refractivity (Wildman–Crippen MR) is 79.9 cm³/mol. The summed E-state index contributed by atoms with van der Waals surface area (Å²) in [5.74, 6) is 0.0683. The molecule has 0 bridgehead atoms. The summed E-state index contributed by atoms with van der Waals surface area (Å²) in [6, 6.07) is 0.150. The lowest BCUT2D eigenvalue weighted by atomic mass is 9.90. The van der Waals surface area contributed by atoms with Gasteiger partial charge in [-0.2, -0.15) is 0 Å². The zero-order chi connectivity index (χ0) is 15.2. The van der Waals surface area contributed by atoms with Crippen LogP contribution in [0.5, 0.6) is 0 Å². The van der Waals surface area contributed by atoms with Gasteiger partial charge in [-0.3, -0.25) is 10.1 Å². The number of carbonyl (C=O) groups is 1. The number of thioether (sulfide) groups is 1. The maximum absolute atomic E-state index is 11.6. The van der Waals surface area contributed by atoms with Crippen molar-refractivity contribution < 1.29 is 9.90 Å². The second kappa shape index (κ2) is 7.64. The summed E-state index contributed by atoms with van der Waals surface area (Å²) in [4.78, 5) is 11.6. The quantitative estimate of drug-likeness (QED) is 0.536. The van der Waals surface area contributed by atoms with Crippen LogP contribution >= 0.6 is 11.8 Å². The van der Waals surface area contributed by atoms with Gasteiger partial charge in [-0.15, -0.1) is 10.2 Å². The summed E-state index contributed by atoms with van der Waals surface area (Å²) < 4.78 is 1.86. The first-order valence-corrected chi connectivity index (χ1v) is 7.87. The Hall–Kier alpha value is -1.08. The molecule has 7 heteroatoms. The van der Waals surface area contributed by atoms with Gasteiger partial charge in [0.2, 0.25) is 0 Å². The van der Waals surface area contributed by atoms with Crippen molar-refractivity contribution in [2.24, 2.45) is 7.05 Å². The van der Waals surface area contributed by atoms with Crippen molar-refractivity contribution in [2.75, 3.05) is 5.75 Å². The molecule has 20 heavy (non-hydrogen) atoms. The number of rotatable bonds is 9. The normalized spacial score (nSPS) is 14.4. The lowest BCUT2D eigenvalue weighted by Crippen LogP contribution is -2.54. The maximum atomic E-state index is 11.6. The summed E-state index contributed by atoms with van der Waals surface area (Å²) >= 11 is 1.60. The molecular formula is C13H24N4O2S. The van der Waals surface area contributed by atoms with Crippen molar-refractivity contribution in [1.29, 1.82) is 0 Å². The molecule has 1 unspecified atom stereocenters. The molecule has 6 nitrogen and oxygen atoms in total. The van der Waals surface area contributed by atoms with Gasteiger partial charge in [-0.05, 0) is 33.1 Å². The van der Waals surface area contributed by atoms with Gasteiger partial charge in [0.05, 0.1) is 0 Å². The van der Waals surface area contributed by atoms with Crippen molar-refractivity contribution in [2.45, 2.75) is 56.8 Å². The van der Waals surface area contributed by atoms with Gasteiger partial charge in [0, 0.05) is 18.8 Å². The van der Waals surface area contributed by atoms with E-state index in [2.05, 4.69) is 15.5 Å². The van der Waals surface area contributed by atoms with Crippen LogP contribution in [0.3, 0.4) is 0 Å². The highest BCUT2D eigenvalue weighted by atomic mass is 32.2. The Morgan fingerprint density at radius 3 is 2.75 bits per heavy atom. The number of carboxylic acid groups (broad SMARTS) is 1. The Balaban J connectivity index is 2.50. The number of carboxylic acids is 1. The van der Waals surface area contributed by atoms with Gasteiger partial charge < -0.3 is 9.67 Å². The molecular weight excluding hydrogens is 276 g/mol. The van der Waals surface area contributed by atoms with E-state index >= 15 is 0 Å². The molecule has 0 saturated heterocycles. The minimum atomic E-state index is -0.825. The summed E-state index contributed by atoms with van der Waals surface area (Å²) in [6.07, 6.45) is 3.67. The molecule has 0 radical (unpaired) electrons. The molecule has 0 aliphatic carbocycles. The molecule has 2 N–H and O–H groups in total. The van der Waals surface area contributed by atoms with Gasteiger partial charge in [0.25, 0.3) is 0 Å². The first kappa shape index (κ1) is 17.0. The molecule has 0 fully saturated rings. The molecule has 0 amide bonds. The smallest absolute Gasteiger partial charge is 0.323 e. The third kappa shape index (κ3) is 4.49. The molecule has 0 spiro atoms. The molecule has 114 valence electrons. The summed E-state index contributed by atoms with van der Waals surface area (Å²) in [6.45, 7) is 5.86. The Morgan fingerprint density at radius 2 is 2.30 bits per heavy atom. The molecule has 1 heterocycles. The second-order valence-corrected chi connectivity index (χ2v) is 6.28. The van der Waals surface area contributed by atoms with Gasteiger partial charge >= 0.3 is 5.97 Å². The Morgan fingerprint density at radius 1 is 1.60 bits per heavy atom. The van der Waals surface area contributed by atoms with E-state index in [0.717, 1.165) is 17.3 Å². The molecule has 1 aromatic heterocycles. The zero-order valence-corrected chi connectivity index (χ0v) is 13.4. The fourth-order valence-electron chi connectivity index (χ4n) is 2.16. The van der Waals surface area contributed by atoms with E-state index in [1.54, 1.807) is 18.1 Å². The molecule has 0 aliphatic rings. The number of aryl methyl sites for hydroxylation is 1. The third-order valence-electron chi connectivity index (χ3n) is 3.23. The largest absolute Gasteiger partial charge is 0.480 e. The van der Waals surface area contributed by atoms with E-state index in [0.29, 0.717) is 12.8 Å². The van der Waals surface area contributed by atoms with Gasteiger partial charge in [-0.1, -0.05) is 18.7 Å². The van der Waals surface area contributed by atoms with Crippen LogP contribution in [0, 0.1) is 0 Å². The number of aromatic nitrogens is 3.